The lowest BCUT2D eigenvalue weighted by Crippen LogP contribution is -2.07. The summed E-state index contributed by atoms with van der Waals surface area (Å²) in [5.41, 5.74) is 10.7. The van der Waals surface area contributed by atoms with Gasteiger partial charge in [-0.25, -0.2) is 0 Å². The molecule has 0 aromatic heterocycles. The van der Waals surface area contributed by atoms with E-state index in [2.05, 4.69) is 15.9 Å². The van der Waals surface area contributed by atoms with Gasteiger partial charge in [0.25, 0.3) is 0 Å². The molecule has 2 aromatic rings. The van der Waals surface area contributed by atoms with Crippen LogP contribution in [-0.2, 0) is 0 Å². The maximum absolute atomic E-state index is 12.6. The number of anilines is 1. The van der Waals surface area contributed by atoms with Crippen LogP contribution < -0.4 is 5.73 Å². The smallest absolute Gasteiger partial charge is 0.193 e. The number of benzene rings is 2. The lowest BCUT2D eigenvalue weighted by molar-refractivity contribution is 0.103. The molecule has 19 heavy (non-hydrogen) atoms. The summed E-state index contributed by atoms with van der Waals surface area (Å²) < 4.78 is 1.02. The molecule has 0 amide bonds. The first-order chi connectivity index (χ1) is 8.90. The van der Waals surface area contributed by atoms with Gasteiger partial charge in [0.2, 0.25) is 0 Å². The zero-order valence-corrected chi connectivity index (χ0v) is 12.8. The minimum atomic E-state index is 0.0258. The van der Waals surface area contributed by atoms with Crippen LogP contribution in [0.5, 0.6) is 0 Å². The molecule has 2 aromatic carbocycles. The van der Waals surface area contributed by atoms with E-state index in [1.165, 1.54) is 0 Å². The summed E-state index contributed by atoms with van der Waals surface area (Å²) in [7, 11) is 0. The predicted molar refractivity (Wildman–Crippen MR) is 82.6 cm³/mol. The molecule has 0 saturated carbocycles. The van der Waals surface area contributed by atoms with Gasteiger partial charge in [-0.05, 0) is 61.7 Å². The summed E-state index contributed by atoms with van der Waals surface area (Å²) in [5.74, 6) is 0.0258. The molecule has 0 saturated heterocycles. The molecule has 3 heteroatoms. The van der Waals surface area contributed by atoms with Crippen molar-refractivity contribution in [1.29, 1.82) is 0 Å². The molecule has 2 nitrogen and oxygen atoms in total. The van der Waals surface area contributed by atoms with Gasteiger partial charge >= 0.3 is 0 Å². The van der Waals surface area contributed by atoms with Crippen LogP contribution in [0, 0.1) is 20.8 Å². The Balaban J connectivity index is 2.56. The molecule has 0 aliphatic rings. The molecule has 0 fully saturated rings. The Hall–Kier alpha value is -1.61. The number of hydrogen-bond donors (Lipinski definition) is 1. The third kappa shape index (κ3) is 2.71. The topological polar surface area (TPSA) is 43.1 Å². The first kappa shape index (κ1) is 13.8. The van der Waals surface area contributed by atoms with E-state index in [1.54, 1.807) is 6.07 Å². The monoisotopic (exact) mass is 317 g/mol. The van der Waals surface area contributed by atoms with Crippen molar-refractivity contribution in [2.75, 3.05) is 5.73 Å². The molecule has 0 radical (unpaired) electrons. The fourth-order valence-electron chi connectivity index (χ4n) is 2.05. The zero-order valence-electron chi connectivity index (χ0n) is 11.3. The van der Waals surface area contributed by atoms with Gasteiger partial charge < -0.3 is 5.73 Å². The van der Waals surface area contributed by atoms with Crippen LogP contribution in [0.3, 0.4) is 0 Å². The third-order valence-corrected chi connectivity index (χ3v) is 4.11. The highest BCUT2D eigenvalue weighted by Crippen LogP contribution is 2.24. The van der Waals surface area contributed by atoms with E-state index in [1.807, 2.05) is 45.0 Å². The Morgan fingerprint density at radius 1 is 0.947 bits per heavy atom. The van der Waals surface area contributed by atoms with Crippen LogP contribution in [0.4, 0.5) is 5.69 Å². The Morgan fingerprint density at radius 2 is 1.58 bits per heavy atom. The van der Waals surface area contributed by atoms with Gasteiger partial charge in [-0.15, -0.1) is 0 Å². The number of halogens is 1. The van der Waals surface area contributed by atoms with E-state index >= 15 is 0 Å². The quantitative estimate of drug-likeness (QED) is 0.666. The summed E-state index contributed by atoms with van der Waals surface area (Å²) in [6.07, 6.45) is 0. The average Bonchev–Trinajstić information content (AvgIpc) is 2.36. The normalized spacial score (nSPS) is 10.5. The Labute approximate surface area is 121 Å². The van der Waals surface area contributed by atoms with E-state index in [-0.39, 0.29) is 5.78 Å². The number of carbonyl (C=O) groups excluding carboxylic acids is 1. The van der Waals surface area contributed by atoms with E-state index in [0.29, 0.717) is 11.3 Å². The highest BCUT2D eigenvalue weighted by molar-refractivity contribution is 9.10. The number of nitrogen functional groups attached to an aromatic ring is 1. The van der Waals surface area contributed by atoms with Crippen molar-refractivity contribution in [2.24, 2.45) is 0 Å². The van der Waals surface area contributed by atoms with Crippen LogP contribution in [0.15, 0.2) is 34.8 Å². The number of rotatable bonds is 2. The summed E-state index contributed by atoms with van der Waals surface area (Å²) in [4.78, 5) is 12.6. The van der Waals surface area contributed by atoms with Gasteiger partial charge in [-0.3, -0.25) is 4.79 Å². The lowest BCUT2D eigenvalue weighted by atomic mass is 9.94. The number of nitrogens with two attached hydrogens (primary N) is 1. The molecule has 0 aliphatic heterocycles. The molecular formula is C16H16BrNO. The molecule has 0 bridgehead atoms. The maximum atomic E-state index is 12.6. The number of carbonyl (C=O) groups is 1. The first-order valence-electron chi connectivity index (χ1n) is 6.07. The molecule has 0 atom stereocenters. The van der Waals surface area contributed by atoms with Gasteiger partial charge in [0.15, 0.2) is 5.78 Å². The van der Waals surface area contributed by atoms with Gasteiger partial charge in [-0.1, -0.05) is 22.0 Å². The van der Waals surface area contributed by atoms with Crippen molar-refractivity contribution in [2.45, 2.75) is 20.8 Å². The Bertz CT molecular complexity index is 662. The van der Waals surface area contributed by atoms with Crippen LogP contribution in [0.25, 0.3) is 0 Å². The Kier molecular flexibility index (Phi) is 3.76. The van der Waals surface area contributed by atoms with E-state index in [4.69, 9.17) is 5.73 Å². The van der Waals surface area contributed by atoms with Gasteiger partial charge in [0.05, 0.1) is 0 Å². The fourth-order valence-corrected chi connectivity index (χ4v) is 2.51. The van der Waals surface area contributed by atoms with Crippen molar-refractivity contribution in [3.63, 3.8) is 0 Å². The average molecular weight is 318 g/mol. The fraction of sp³-hybridized carbons (Fsp3) is 0.188. The minimum absolute atomic E-state index is 0.0258. The molecule has 98 valence electrons. The zero-order chi connectivity index (χ0) is 14.2. The SMILES string of the molecule is Cc1cc(C(=O)c2cc(N)ccc2C)c(C)cc1Br. The summed E-state index contributed by atoms with van der Waals surface area (Å²) in [6.45, 7) is 5.85. The highest BCUT2D eigenvalue weighted by atomic mass is 79.9. The van der Waals surface area contributed by atoms with Crippen molar-refractivity contribution in [3.8, 4) is 0 Å². The van der Waals surface area contributed by atoms with Crippen LogP contribution >= 0.6 is 15.9 Å². The maximum Gasteiger partial charge on any atom is 0.193 e. The van der Waals surface area contributed by atoms with Crippen LogP contribution in [-0.4, -0.2) is 5.78 Å². The van der Waals surface area contributed by atoms with E-state index < -0.39 is 0 Å². The molecule has 0 unspecified atom stereocenters. The summed E-state index contributed by atoms with van der Waals surface area (Å²) in [6, 6.07) is 9.33. The van der Waals surface area contributed by atoms with Crippen LogP contribution in [0.1, 0.15) is 32.6 Å². The molecule has 2 N–H and O–H groups in total. The van der Waals surface area contributed by atoms with Crippen molar-refractivity contribution in [3.05, 3.63) is 62.6 Å². The van der Waals surface area contributed by atoms with Crippen LogP contribution in [0.2, 0.25) is 0 Å². The van der Waals surface area contributed by atoms with Crippen molar-refractivity contribution < 1.29 is 4.79 Å². The van der Waals surface area contributed by atoms with Gasteiger partial charge in [0, 0.05) is 21.3 Å². The van der Waals surface area contributed by atoms with Crippen molar-refractivity contribution >= 4 is 27.4 Å². The second kappa shape index (κ2) is 5.17. The molecule has 0 heterocycles. The second-order valence-corrected chi connectivity index (χ2v) is 5.67. The van der Waals surface area contributed by atoms with E-state index in [9.17, 15) is 4.79 Å². The van der Waals surface area contributed by atoms with Gasteiger partial charge in [0.1, 0.15) is 0 Å². The number of hydrogen-bond acceptors (Lipinski definition) is 2. The predicted octanol–water partition coefficient (Wildman–Crippen LogP) is 4.19. The van der Waals surface area contributed by atoms with Crippen molar-refractivity contribution in [1.82, 2.24) is 0 Å². The molecule has 0 spiro atoms. The molecule has 0 aliphatic carbocycles. The molecular weight excluding hydrogens is 302 g/mol. The Morgan fingerprint density at radius 3 is 2.26 bits per heavy atom. The lowest BCUT2D eigenvalue weighted by Gasteiger charge is -2.10. The van der Waals surface area contributed by atoms with E-state index in [0.717, 1.165) is 26.7 Å². The summed E-state index contributed by atoms with van der Waals surface area (Å²) in [5, 5.41) is 0. The largest absolute Gasteiger partial charge is 0.399 e. The standard InChI is InChI=1S/C16H16BrNO/c1-9-4-5-12(18)8-14(9)16(19)13-6-11(3)15(17)7-10(13)2/h4-8H,18H2,1-3H3. The minimum Gasteiger partial charge on any atom is -0.399 e. The third-order valence-electron chi connectivity index (χ3n) is 3.26. The highest BCUT2D eigenvalue weighted by Gasteiger charge is 2.15. The number of ketones is 1. The number of aryl methyl sites for hydroxylation is 3. The molecule has 2 rings (SSSR count). The summed E-state index contributed by atoms with van der Waals surface area (Å²) >= 11 is 3.48. The first-order valence-corrected chi connectivity index (χ1v) is 6.87. The second-order valence-electron chi connectivity index (χ2n) is 4.82. The van der Waals surface area contributed by atoms with Gasteiger partial charge in [-0.2, -0.15) is 0 Å².